The lowest BCUT2D eigenvalue weighted by Crippen LogP contribution is -2.08. The van der Waals surface area contributed by atoms with Crippen LogP contribution in [0, 0.1) is 9.39 Å². The first-order chi connectivity index (χ1) is 8.56. The van der Waals surface area contributed by atoms with Gasteiger partial charge in [0.05, 0.1) is 11.4 Å². The van der Waals surface area contributed by atoms with Gasteiger partial charge in [-0.15, -0.1) is 0 Å². The first kappa shape index (κ1) is 13.1. The van der Waals surface area contributed by atoms with Crippen molar-refractivity contribution in [2.75, 3.05) is 11.1 Å². The molecule has 94 valence electrons. The zero-order valence-corrected chi connectivity index (χ0v) is 12.1. The highest BCUT2D eigenvalue weighted by Crippen LogP contribution is 2.25. The van der Waals surface area contributed by atoms with Crippen LogP contribution < -0.4 is 11.1 Å². The van der Waals surface area contributed by atoms with Gasteiger partial charge in [0.1, 0.15) is 5.82 Å². The first-order valence-corrected chi connectivity index (χ1v) is 6.71. The van der Waals surface area contributed by atoms with Gasteiger partial charge in [-0.3, -0.25) is 0 Å². The lowest BCUT2D eigenvalue weighted by Gasteiger charge is -2.17. The number of benzene rings is 2. The van der Waals surface area contributed by atoms with Gasteiger partial charge in [0.2, 0.25) is 0 Å². The molecule has 18 heavy (non-hydrogen) atoms. The monoisotopic (exact) mass is 356 g/mol. The molecule has 2 rings (SSSR count). The summed E-state index contributed by atoms with van der Waals surface area (Å²) in [5.41, 5.74) is 8.40. The zero-order valence-electron chi connectivity index (χ0n) is 9.95. The molecule has 0 heterocycles. The Kier molecular flexibility index (Phi) is 4.06. The summed E-state index contributed by atoms with van der Waals surface area (Å²) in [6.07, 6.45) is 0. The number of nitrogens with two attached hydrogens (primary N) is 1. The van der Waals surface area contributed by atoms with Gasteiger partial charge in [-0.05, 0) is 65.4 Å². The lowest BCUT2D eigenvalue weighted by molar-refractivity contribution is 0.623. The van der Waals surface area contributed by atoms with Gasteiger partial charge in [0, 0.05) is 9.61 Å². The number of nitrogens with one attached hydrogen (secondary N) is 1. The van der Waals surface area contributed by atoms with E-state index in [2.05, 4.69) is 27.9 Å². The molecule has 0 radical (unpaired) electrons. The number of rotatable bonds is 3. The summed E-state index contributed by atoms with van der Waals surface area (Å²) in [5, 5.41) is 3.29. The molecule has 0 aliphatic heterocycles. The maximum Gasteiger partial charge on any atom is 0.123 e. The third-order valence-corrected chi connectivity index (χ3v) is 3.41. The average Bonchev–Trinajstić information content (AvgIpc) is 2.32. The van der Waals surface area contributed by atoms with Crippen molar-refractivity contribution < 1.29 is 4.39 Å². The molecule has 1 unspecified atom stereocenters. The molecule has 0 bridgehead atoms. The fraction of sp³-hybridized carbons (Fsp3) is 0.143. The minimum Gasteiger partial charge on any atom is -0.397 e. The predicted octanol–water partition coefficient (Wildman–Crippen LogP) is 4.19. The van der Waals surface area contributed by atoms with Crippen molar-refractivity contribution in [3.63, 3.8) is 0 Å². The molecule has 3 N–H and O–H groups in total. The van der Waals surface area contributed by atoms with Crippen LogP contribution in [0.15, 0.2) is 42.5 Å². The Morgan fingerprint density at radius 2 is 2.00 bits per heavy atom. The van der Waals surface area contributed by atoms with Crippen molar-refractivity contribution in [3.05, 3.63) is 57.4 Å². The van der Waals surface area contributed by atoms with Crippen LogP contribution in [0.3, 0.4) is 0 Å². The van der Waals surface area contributed by atoms with E-state index in [4.69, 9.17) is 5.73 Å². The fourth-order valence-electron chi connectivity index (χ4n) is 1.76. The standard InChI is InChI=1S/C14H14FIN2/c1-9(10-3-2-4-11(15)7-10)18-14-6-5-12(16)8-13(14)17/h2-9,18H,17H2,1H3. The van der Waals surface area contributed by atoms with Gasteiger partial charge in [0.25, 0.3) is 0 Å². The van der Waals surface area contributed by atoms with Crippen molar-refractivity contribution in [3.8, 4) is 0 Å². The summed E-state index contributed by atoms with van der Waals surface area (Å²) in [5.74, 6) is -0.225. The van der Waals surface area contributed by atoms with E-state index in [1.165, 1.54) is 12.1 Å². The Balaban J connectivity index is 2.18. The summed E-state index contributed by atoms with van der Waals surface area (Å²) < 4.78 is 14.2. The van der Waals surface area contributed by atoms with Crippen molar-refractivity contribution >= 4 is 34.0 Å². The molecule has 0 fully saturated rings. The second kappa shape index (κ2) is 5.56. The molecule has 2 aromatic rings. The van der Waals surface area contributed by atoms with Crippen LogP contribution in [0.1, 0.15) is 18.5 Å². The van der Waals surface area contributed by atoms with Crippen molar-refractivity contribution in [2.45, 2.75) is 13.0 Å². The smallest absolute Gasteiger partial charge is 0.123 e. The first-order valence-electron chi connectivity index (χ1n) is 5.63. The van der Waals surface area contributed by atoms with Crippen LogP contribution in [0.2, 0.25) is 0 Å². The minimum absolute atomic E-state index is 0.00283. The maximum atomic E-state index is 13.1. The molecular formula is C14H14FIN2. The van der Waals surface area contributed by atoms with Crippen molar-refractivity contribution in [1.29, 1.82) is 0 Å². The number of hydrogen-bond acceptors (Lipinski definition) is 2. The summed E-state index contributed by atoms with van der Waals surface area (Å²) in [4.78, 5) is 0. The van der Waals surface area contributed by atoms with Crippen LogP contribution in [-0.2, 0) is 0 Å². The Morgan fingerprint density at radius 1 is 1.22 bits per heavy atom. The van der Waals surface area contributed by atoms with E-state index in [1.807, 2.05) is 31.2 Å². The highest BCUT2D eigenvalue weighted by molar-refractivity contribution is 14.1. The highest BCUT2D eigenvalue weighted by atomic mass is 127. The topological polar surface area (TPSA) is 38.0 Å². The second-order valence-corrected chi connectivity index (χ2v) is 5.40. The van der Waals surface area contributed by atoms with Crippen LogP contribution in [-0.4, -0.2) is 0 Å². The van der Waals surface area contributed by atoms with E-state index in [9.17, 15) is 4.39 Å². The van der Waals surface area contributed by atoms with E-state index in [0.717, 1.165) is 14.8 Å². The molecular weight excluding hydrogens is 342 g/mol. The molecule has 0 aliphatic carbocycles. The molecule has 0 aliphatic rings. The van der Waals surface area contributed by atoms with Crippen LogP contribution in [0.5, 0.6) is 0 Å². The molecule has 0 saturated carbocycles. The van der Waals surface area contributed by atoms with E-state index in [0.29, 0.717) is 5.69 Å². The summed E-state index contributed by atoms with van der Waals surface area (Å²) in [7, 11) is 0. The SMILES string of the molecule is CC(Nc1ccc(I)cc1N)c1cccc(F)c1. The highest BCUT2D eigenvalue weighted by Gasteiger charge is 2.08. The zero-order chi connectivity index (χ0) is 13.1. The van der Waals surface area contributed by atoms with E-state index in [1.54, 1.807) is 6.07 Å². The average molecular weight is 356 g/mol. The molecule has 4 heteroatoms. The second-order valence-electron chi connectivity index (χ2n) is 4.15. The number of anilines is 2. The van der Waals surface area contributed by atoms with Crippen molar-refractivity contribution in [1.82, 2.24) is 0 Å². The van der Waals surface area contributed by atoms with Crippen LogP contribution >= 0.6 is 22.6 Å². The van der Waals surface area contributed by atoms with Gasteiger partial charge in [0.15, 0.2) is 0 Å². The molecule has 1 atom stereocenters. The third-order valence-electron chi connectivity index (χ3n) is 2.73. The molecule has 0 amide bonds. The van der Waals surface area contributed by atoms with Crippen LogP contribution in [0.25, 0.3) is 0 Å². The fourth-order valence-corrected chi connectivity index (χ4v) is 2.27. The summed E-state index contributed by atoms with van der Waals surface area (Å²) >= 11 is 2.21. The minimum atomic E-state index is -0.225. The molecule has 0 saturated heterocycles. The Morgan fingerprint density at radius 3 is 2.67 bits per heavy atom. The van der Waals surface area contributed by atoms with Gasteiger partial charge in [-0.25, -0.2) is 4.39 Å². The Bertz CT molecular complexity index is 557. The quantitative estimate of drug-likeness (QED) is 0.640. The van der Waals surface area contributed by atoms with E-state index < -0.39 is 0 Å². The Hall–Kier alpha value is -1.30. The summed E-state index contributed by atoms with van der Waals surface area (Å²) in [6.45, 7) is 1.98. The van der Waals surface area contributed by atoms with E-state index in [-0.39, 0.29) is 11.9 Å². The normalized spacial score (nSPS) is 12.2. The van der Waals surface area contributed by atoms with Gasteiger partial charge >= 0.3 is 0 Å². The predicted molar refractivity (Wildman–Crippen MR) is 82.0 cm³/mol. The van der Waals surface area contributed by atoms with Gasteiger partial charge in [-0.1, -0.05) is 12.1 Å². The molecule has 2 nitrogen and oxygen atoms in total. The third kappa shape index (κ3) is 3.13. The van der Waals surface area contributed by atoms with Crippen molar-refractivity contribution in [2.24, 2.45) is 0 Å². The van der Waals surface area contributed by atoms with Crippen LogP contribution in [0.4, 0.5) is 15.8 Å². The number of halogens is 2. The largest absolute Gasteiger partial charge is 0.397 e. The lowest BCUT2D eigenvalue weighted by atomic mass is 10.1. The van der Waals surface area contributed by atoms with E-state index >= 15 is 0 Å². The maximum absolute atomic E-state index is 13.1. The molecule has 0 aromatic heterocycles. The molecule has 0 spiro atoms. The van der Waals surface area contributed by atoms with Gasteiger partial charge in [-0.2, -0.15) is 0 Å². The summed E-state index contributed by atoms with van der Waals surface area (Å²) in [6, 6.07) is 12.4. The number of hydrogen-bond donors (Lipinski definition) is 2. The van der Waals surface area contributed by atoms with Gasteiger partial charge < -0.3 is 11.1 Å². The molecule has 2 aromatic carbocycles. The Labute approximate surface area is 120 Å². The number of nitrogen functional groups attached to an aromatic ring is 1.